The van der Waals surface area contributed by atoms with E-state index in [-0.39, 0.29) is 12.1 Å². The molecule has 0 atom stereocenters. The molecule has 0 aromatic rings. The van der Waals surface area contributed by atoms with Gasteiger partial charge in [-0.3, -0.25) is 4.84 Å². The molecule has 2 aliphatic carbocycles. The van der Waals surface area contributed by atoms with Gasteiger partial charge in [0.05, 0.1) is 6.10 Å². The largest absolute Gasteiger partial charge is 0.301 e. The molecule has 2 rings (SSSR count). The van der Waals surface area contributed by atoms with Gasteiger partial charge in [0.15, 0.2) is 0 Å². The summed E-state index contributed by atoms with van der Waals surface area (Å²) in [6.45, 7) is 0. The standard InChI is InChI=1S/C12H24N2O3S/c1-14(11-7-3-2-4-8-11)18(15,16)13-17-12-9-5-6-10-12/h11-13H,2-10H2,1H3. The molecule has 106 valence electrons. The van der Waals surface area contributed by atoms with Gasteiger partial charge in [0, 0.05) is 13.1 Å². The molecule has 6 heteroatoms. The smallest absolute Gasteiger partial charge is 0.283 e. The van der Waals surface area contributed by atoms with Gasteiger partial charge in [-0.25, -0.2) is 0 Å². The van der Waals surface area contributed by atoms with Crippen LogP contribution >= 0.6 is 0 Å². The second-order valence-corrected chi connectivity index (χ2v) is 7.11. The lowest BCUT2D eigenvalue weighted by molar-refractivity contribution is 0.0183. The Bertz CT molecular complexity index is 346. The van der Waals surface area contributed by atoms with Crippen molar-refractivity contribution < 1.29 is 13.3 Å². The molecule has 2 fully saturated rings. The van der Waals surface area contributed by atoms with Crippen molar-refractivity contribution in [2.75, 3.05) is 7.05 Å². The maximum absolute atomic E-state index is 12.1. The van der Waals surface area contributed by atoms with E-state index in [0.717, 1.165) is 51.4 Å². The van der Waals surface area contributed by atoms with Crippen molar-refractivity contribution in [3.8, 4) is 0 Å². The van der Waals surface area contributed by atoms with Crippen molar-refractivity contribution in [1.82, 2.24) is 9.19 Å². The summed E-state index contributed by atoms with van der Waals surface area (Å²) in [4.78, 5) is 7.60. The van der Waals surface area contributed by atoms with E-state index in [4.69, 9.17) is 4.84 Å². The maximum atomic E-state index is 12.1. The Kier molecular flexibility index (Phi) is 5.00. The van der Waals surface area contributed by atoms with E-state index in [1.54, 1.807) is 7.05 Å². The molecule has 0 saturated heterocycles. The highest BCUT2D eigenvalue weighted by Gasteiger charge is 2.28. The molecule has 0 aromatic carbocycles. The first-order chi connectivity index (χ1) is 8.59. The minimum absolute atomic E-state index is 0.0551. The molecule has 1 N–H and O–H groups in total. The topological polar surface area (TPSA) is 58.6 Å². The van der Waals surface area contributed by atoms with Gasteiger partial charge in [0.1, 0.15) is 0 Å². The lowest BCUT2D eigenvalue weighted by atomic mass is 9.96. The van der Waals surface area contributed by atoms with E-state index in [1.807, 2.05) is 0 Å². The van der Waals surface area contributed by atoms with Gasteiger partial charge in [0.2, 0.25) is 0 Å². The summed E-state index contributed by atoms with van der Waals surface area (Å²) >= 11 is 0. The molecule has 0 spiro atoms. The van der Waals surface area contributed by atoms with Crippen molar-refractivity contribution in [2.24, 2.45) is 0 Å². The minimum atomic E-state index is -3.49. The molecule has 18 heavy (non-hydrogen) atoms. The van der Waals surface area contributed by atoms with Crippen molar-refractivity contribution in [3.05, 3.63) is 0 Å². The van der Waals surface area contributed by atoms with E-state index < -0.39 is 10.2 Å². The zero-order valence-corrected chi connectivity index (χ0v) is 11.9. The second kappa shape index (κ2) is 6.32. The van der Waals surface area contributed by atoms with Gasteiger partial charge in [0.25, 0.3) is 0 Å². The molecule has 0 amide bonds. The molecule has 0 unspecified atom stereocenters. The average Bonchev–Trinajstić information content (AvgIpc) is 2.90. The van der Waals surface area contributed by atoms with Gasteiger partial charge in [-0.15, -0.1) is 0 Å². The molecule has 0 aliphatic heterocycles. The Labute approximate surface area is 110 Å². The first-order valence-electron chi connectivity index (χ1n) is 7.00. The number of rotatable bonds is 5. The highest BCUT2D eigenvalue weighted by molar-refractivity contribution is 7.87. The fourth-order valence-electron chi connectivity index (χ4n) is 2.83. The van der Waals surface area contributed by atoms with Crippen LogP contribution in [-0.2, 0) is 15.0 Å². The average molecular weight is 276 g/mol. The second-order valence-electron chi connectivity index (χ2n) is 5.42. The summed E-state index contributed by atoms with van der Waals surface area (Å²) < 4.78 is 25.6. The van der Waals surface area contributed by atoms with Crippen LogP contribution in [0.1, 0.15) is 57.8 Å². The molecule has 0 radical (unpaired) electrons. The highest BCUT2D eigenvalue weighted by atomic mass is 32.2. The summed E-state index contributed by atoms with van der Waals surface area (Å²) in [5.74, 6) is 0. The van der Waals surface area contributed by atoms with E-state index in [9.17, 15) is 8.42 Å². The lowest BCUT2D eigenvalue weighted by Crippen LogP contribution is -2.45. The van der Waals surface area contributed by atoms with Crippen LogP contribution in [0, 0.1) is 0 Å². The van der Waals surface area contributed by atoms with E-state index in [0.29, 0.717) is 0 Å². The van der Waals surface area contributed by atoms with Crippen LogP contribution in [0.3, 0.4) is 0 Å². The molecular formula is C12H24N2O3S. The van der Waals surface area contributed by atoms with E-state index in [1.165, 1.54) is 10.7 Å². The number of nitrogens with zero attached hydrogens (tertiary/aromatic N) is 1. The van der Waals surface area contributed by atoms with Gasteiger partial charge in [-0.1, -0.05) is 37.0 Å². The predicted molar refractivity (Wildman–Crippen MR) is 70.0 cm³/mol. The third-order valence-corrected chi connectivity index (χ3v) is 5.45. The molecule has 0 heterocycles. The summed E-state index contributed by atoms with van der Waals surface area (Å²) in [7, 11) is -1.84. The summed E-state index contributed by atoms with van der Waals surface area (Å²) in [6, 6.07) is 0.128. The monoisotopic (exact) mass is 276 g/mol. The molecule has 2 saturated carbocycles. The minimum Gasteiger partial charge on any atom is -0.283 e. The number of hydrogen-bond acceptors (Lipinski definition) is 3. The zero-order valence-electron chi connectivity index (χ0n) is 11.1. The summed E-state index contributed by atoms with van der Waals surface area (Å²) in [6.07, 6.45) is 9.60. The molecule has 5 nitrogen and oxygen atoms in total. The number of hydrogen-bond donors (Lipinski definition) is 1. The SMILES string of the molecule is CN(C1CCCCC1)S(=O)(=O)NOC1CCCC1. The Balaban J connectivity index is 1.84. The fourth-order valence-corrected chi connectivity index (χ4v) is 3.81. The van der Waals surface area contributed by atoms with Gasteiger partial charge in [-0.2, -0.15) is 12.7 Å². The quantitative estimate of drug-likeness (QED) is 0.781. The first-order valence-corrected chi connectivity index (χ1v) is 8.44. The zero-order chi connectivity index (χ0) is 13.0. The Morgan fingerprint density at radius 3 is 2.17 bits per heavy atom. The Morgan fingerprint density at radius 1 is 1.00 bits per heavy atom. The Hall–Kier alpha value is -0.170. The molecular weight excluding hydrogens is 252 g/mol. The predicted octanol–water partition coefficient (Wildman–Crippen LogP) is 1.96. The van der Waals surface area contributed by atoms with Gasteiger partial charge >= 0.3 is 10.2 Å². The van der Waals surface area contributed by atoms with Crippen molar-refractivity contribution >= 4 is 10.2 Å². The van der Waals surface area contributed by atoms with Crippen LogP contribution in [-0.4, -0.2) is 31.9 Å². The first kappa shape index (κ1) is 14.2. The van der Waals surface area contributed by atoms with E-state index in [2.05, 4.69) is 4.89 Å². The fraction of sp³-hybridized carbons (Fsp3) is 1.00. The van der Waals surface area contributed by atoms with Gasteiger partial charge < -0.3 is 0 Å². The third kappa shape index (κ3) is 3.66. The van der Waals surface area contributed by atoms with Crippen LogP contribution in [0.15, 0.2) is 0 Å². The molecule has 0 bridgehead atoms. The maximum Gasteiger partial charge on any atom is 0.301 e. The highest BCUT2D eigenvalue weighted by Crippen LogP contribution is 2.24. The van der Waals surface area contributed by atoms with Crippen LogP contribution in [0.25, 0.3) is 0 Å². The molecule has 0 aromatic heterocycles. The van der Waals surface area contributed by atoms with Crippen LogP contribution in [0.5, 0.6) is 0 Å². The normalized spacial score (nSPS) is 23.9. The van der Waals surface area contributed by atoms with Crippen LogP contribution in [0.2, 0.25) is 0 Å². The number of nitrogens with one attached hydrogen (secondary N) is 1. The summed E-state index contributed by atoms with van der Waals surface area (Å²) in [5, 5.41) is 0. The molecule has 2 aliphatic rings. The van der Waals surface area contributed by atoms with Crippen LogP contribution in [0.4, 0.5) is 0 Å². The summed E-state index contributed by atoms with van der Waals surface area (Å²) in [5.41, 5.74) is 0. The lowest BCUT2D eigenvalue weighted by Gasteiger charge is -2.30. The van der Waals surface area contributed by atoms with Crippen molar-refractivity contribution in [2.45, 2.75) is 69.9 Å². The van der Waals surface area contributed by atoms with Crippen molar-refractivity contribution in [1.29, 1.82) is 0 Å². The van der Waals surface area contributed by atoms with E-state index >= 15 is 0 Å². The van der Waals surface area contributed by atoms with Gasteiger partial charge in [-0.05, 0) is 25.7 Å². The van der Waals surface area contributed by atoms with Crippen LogP contribution < -0.4 is 4.89 Å². The van der Waals surface area contributed by atoms with Crippen molar-refractivity contribution in [3.63, 3.8) is 0 Å². The Morgan fingerprint density at radius 2 is 1.56 bits per heavy atom. The third-order valence-electron chi connectivity index (χ3n) is 4.09.